The van der Waals surface area contributed by atoms with Gasteiger partial charge in [-0.15, -0.1) is 0 Å². The second-order valence-electron chi connectivity index (χ2n) is 5.19. The van der Waals surface area contributed by atoms with Crippen LogP contribution in [0, 0.1) is 0 Å². The Morgan fingerprint density at radius 2 is 2.29 bits per heavy atom. The summed E-state index contributed by atoms with van der Waals surface area (Å²) >= 11 is 0. The zero-order valence-corrected chi connectivity index (χ0v) is 12.8. The second kappa shape index (κ2) is 5.14. The maximum absolute atomic E-state index is 11.7. The molecule has 8 nitrogen and oxygen atoms in total. The predicted octanol–water partition coefficient (Wildman–Crippen LogP) is 0.408. The minimum absolute atomic E-state index is 0.119. The topological polar surface area (TPSA) is 104 Å². The minimum atomic E-state index is -2.96. The smallest absolute Gasteiger partial charge is 0.226 e. The average Bonchev–Trinajstić information content (AvgIpc) is 2.85. The molecular weight excluding hydrogens is 292 g/mol. The molecule has 2 aromatic rings. The molecule has 114 valence electrons. The lowest BCUT2D eigenvalue weighted by atomic mass is 10.2. The Morgan fingerprint density at radius 3 is 3.00 bits per heavy atom. The molecule has 0 radical (unpaired) electrons. The van der Waals surface area contributed by atoms with Gasteiger partial charge in [0.25, 0.3) is 0 Å². The molecule has 0 bridgehead atoms. The summed E-state index contributed by atoms with van der Waals surface area (Å²) in [6.45, 7) is 5.02. The van der Waals surface area contributed by atoms with Crippen LogP contribution in [0.25, 0.3) is 11.0 Å². The molecule has 3 heterocycles. The highest BCUT2D eigenvalue weighted by molar-refractivity contribution is 7.91. The quantitative estimate of drug-likeness (QED) is 0.846. The number of aromatic amines is 1. The molecule has 1 aliphatic rings. The first-order valence-electron chi connectivity index (χ1n) is 6.92. The van der Waals surface area contributed by atoms with Crippen molar-refractivity contribution in [2.75, 3.05) is 34.8 Å². The zero-order valence-electron chi connectivity index (χ0n) is 12.0. The fourth-order valence-electron chi connectivity index (χ4n) is 2.59. The van der Waals surface area contributed by atoms with E-state index >= 15 is 0 Å². The minimum Gasteiger partial charge on any atom is -0.354 e. The van der Waals surface area contributed by atoms with Crippen molar-refractivity contribution < 1.29 is 8.42 Å². The van der Waals surface area contributed by atoms with Crippen LogP contribution in [0.15, 0.2) is 6.20 Å². The Kier molecular flexibility index (Phi) is 3.44. The van der Waals surface area contributed by atoms with Crippen LogP contribution in [0.3, 0.4) is 0 Å². The third-order valence-electron chi connectivity index (χ3n) is 3.57. The van der Waals surface area contributed by atoms with Gasteiger partial charge in [-0.2, -0.15) is 15.1 Å². The Hall–Kier alpha value is -1.90. The Labute approximate surface area is 122 Å². The Morgan fingerprint density at radius 1 is 1.48 bits per heavy atom. The molecule has 0 amide bonds. The maximum Gasteiger partial charge on any atom is 0.226 e. The van der Waals surface area contributed by atoms with E-state index in [-0.39, 0.29) is 17.5 Å². The lowest BCUT2D eigenvalue weighted by Crippen LogP contribution is -2.47. The van der Waals surface area contributed by atoms with Crippen molar-refractivity contribution in [1.82, 2.24) is 20.2 Å². The highest BCUT2D eigenvalue weighted by Crippen LogP contribution is 2.27. The van der Waals surface area contributed by atoms with E-state index in [0.29, 0.717) is 24.7 Å². The van der Waals surface area contributed by atoms with Crippen molar-refractivity contribution in [1.29, 1.82) is 0 Å². The van der Waals surface area contributed by atoms with Gasteiger partial charge in [-0.1, -0.05) is 0 Å². The Balaban J connectivity index is 2.04. The van der Waals surface area contributed by atoms with E-state index in [9.17, 15) is 8.42 Å². The molecule has 2 N–H and O–H groups in total. The van der Waals surface area contributed by atoms with Gasteiger partial charge in [0.1, 0.15) is 5.82 Å². The first kappa shape index (κ1) is 14.1. The van der Waals surface area contributed by atoms with Gasteiger partial charge in [0, 0.05) is 19.1 Å². The van der Waals surface area contributed by atoms with Crippen molar-refractivity contribution in [3.8, 4) is 0 Å². The molecule has 0 aromatic carbocycles. The molecule has 9 heteroatoms. The van der Waals surface area contributed by atoms with Gasteiger partial charge < -0.3 is 10.2 Å². The summed E-state index contributed by atoms with van der Waals surface area (Å²) in [5, 5.41) is 10.7. The van der Waals surface area contributed by atoms with Gasteiger partial charge in [0.05, 0.1) is 23.1 Å². The molecular formula is C12H18N6O2S. The highest BCUT2D eigenvalue weighted by atomic mass is 32.2. The summed E-state index contributed by atoms with van der Waals surface area (Å²) in [6, 6.07) is -0.119. The fraction of sp³-hybridized carbons (Fsp3) is 0.583. The van der Waals surface area contributed by atoms with Crippen molar-refractivity contribution in [3.63, 3.8) is 0 Å². The van der Waals surface area contributed by atoms with E-state index in [1.165, 1.54) is 0 Å². The molecule has 1 atom stereocenters. The van der Waals surface area contributed by atoms with E-state index < -0.39 is 9.84 Å². The van der Waals surface area contributed by atoms with Crippen LogP contribution < -0.4 is 10.2 Å². The number of nitrogens with one attached hydrogen (secondary N) is 2. The number of hydrogen-bond acceptors (Lipinski definition) is 7. The number of anilines is 2. The van der Waals surface area contributed by atoms with E-state index in [0.717, 1.165) is 11.2 Å². The summed E-state index contributed by atoms with van der Waals surface area (Å²) in [7, 11) is -2.96. The first-order chi connectivity index (χ1) is 10.00. The number of rotatable bonds is 3. The first-order valence-corrected chi connectivity index (χ1v) is 8.74. The van der Waals surface area contributed by atoms with Crippen LogP contribution in [0.5, 0.6) is 0 Å². The van der Waals surface area contributed by atoms with E-state index in [1.807, 2.05) is 18.7 Å². The van der Waals surface area contributed by atoms with E-state index in [1.54, 1.807) is 6.20 Å². The number of H-pyrrole nitrogens is 1. The molecule has 3 rings (SSSR count). The van der Waals surface area contributed by atoms with E-state index in [2.05, 4.69) is 25.5 Å². The summed E-state index contributed by atoms with van der Waals surface area (Å²) in [5.74, 6) is 1.54. The maximum atomic E-state index is 11.7. The summed E-state index contributed by atoms with van der Waals surface area (Å²) in [5.41, 5.74) is 0.650. The van der Waals surface area contributed by atoms with Gasteiger partial charge in [-0.3, -0.25) is 5.10 Å². The number of hydrogen-bond donors (Lipinski definition) is 2. The third-order valence-corrected chi connectivity index (χ3v) is 5.36. The lowest BCUT2D eigenvalue weighted by molar-refractivity contribution is 0.567. The number of fused-ring (bicyclic) bond motifs is 1. The molecule has 1 saturated heterocycles. The third kappa shape index (κ3) is 2.65. The molecule has 21 heavy (non-hydrogen) atoms. The highest BCUT2D eigenvalue weighted by Gasteiger charge is 2.30. The summed E-state index contributed by atoms with van der Waals surface area (Å²) in [4.78, 5) is 10.9. The lowest BCUT2D eigenvalue weighted by Gasteiger charge is -2.34. The van der Waals surface area contributed by atoms with Crippen molar-refractivity contribution in [3.05, 3.63) is 6.20 Å². The van der Waals surface area contributed by atoms with Crippen LogP contribution in [0.4, 0.5) is 11.8 Å². The standard InChI is InChI=1S/C12H18N6O2S/c1-3-13-12-15-10-9(6-14-17-10)11(16-12)18-4-5-21(19,20)7-8(18)2/h6,8H,3-5,7H2,1-2H3,(H2,13,14,15,16,17). The zero-order chi connectivity index (χ0) is 15.0. The van der Waals surface area contributed by atoms with Crippen LogP contribution in [0.2, 0.25) is 0 Å². The second-order valence-corrected chi connectivity index (χ2v) is 7.42. The van der Waals surface area contributed by atoms with Crippen molar-refractivity contribution in [2.24, 2.45) is 0 Å². The van der Waals surface area contributed by atoms with Crippen LogP contribution in [0.1, 0.15) is 13.8 Å². The SMILES string of the molecule is CCNc1nc(N2CCS(=O)(=O)CC2C)c2cn[nH]c2n1. The molecule has 1 aliphatic heterocycles. The van der Waals surface area contributed by atoms with Crippen molar-refractivity contribution >= 4 is 32.6 Å². The normalized spacial score (nSPS) is 21.6. The largest absolute Gasteiger partial charge is 0.354 e. The van der Waals surface area contributed by atoms with Gasteiger partial charge in [-0.05, 0) is 13.8 Å². The number of nitrogens with zero attached hydrogens (tertiary/aromatic N) is 4. The molecule has 0 aliphatic carbocycles. The molecule has 0 spiro atoms. The van der Waals surface area contributed by atoms with E-state index in [4.69, 9.17) is 0 Å². The molecule has 2 aromatic heterocycles. The van der Waals surface area contributed by atoms with Gasteiger partial charge >= 0.3 is 0 Å². The predicted molar refractivity (Wildman–Crippen MR) is 81.3 cm³/mol. The number of sulfone groups is 1. The van der Waals surface area contributed by atoms with Crippen LogP contribution in [-0.4, -0.2) is 59.2 Å². The van der Waals surface area contributed by atoms with Crippen LogP contribution >= 0.6 is 0 Å². The number of aromatic nitrogens is 4. The molecule has 0 saturated carbocycles. The Bertz CT molecular complexity index is 756. The van der Waals surface area contributed by atoms with Gasteiger partial charge in [-0.25, -0.2) is 8.42 Å². The average molecular weight is 310 g/mol. The molecule has 1 fully saturated rings. The fourth-order valence-corrected chi connectivity index (χ4v) is 4.15. The monoisotopic (exact) mass is 310 g/mol. The summed E-state index contributed by atoms with van der Waals surface area (Å²) < 4.78 is 23.5. The molecule has 1 unspecified atom stereocenters. The van der Waals surface area contributed by atoms with Crippen molar-refractivity contribution in [2.45, 2.75) is 19.9 Å². The van der Waals surface area contributed by atoms with Crippen LogP contribution in [-0.2, 0) is 9.84 Å². The van der Waals surface area contributed by atoms with Gasteiger partial charge in [0.15, 0.2) is 15.5 Å². The summed E-state index contributed by atoms with van der Waals surface area (Å²) in [6.07, 6.45) is 1.68. The van der Waals surface area contributed by atoms with Gasteiger partial charge in [0.2, 0.25) is 5.95 Å².